The third kappa shape index (κ3) is 4.60. The van der Waals surface area contributed by atoms with Gasteiger partial charge in [0.2, 0.25) is 5.91 Å². The summed E-state index contributed by atoms with van der Waals surface area (Å²) in [5.74, 6) is -0.340. The summed E-state index contributed by atoms with van der Waals surface area (Å²) in [5.41, 5.74) is 2.24. The van der Waals surface area contributed by atoms with Gasteiger partial charge in [-0.25, -0.2) is 4.79 Å². The van der Waals surface area contributed by atoms with Crippen molar-refractivity contribution in [2.75, 3.05) is 13.2 Å². The molecular weight excluding hydrogens is 320 g/mol. The van der Waals surface area contributed by atoms with Crippen LogP contribution in [-0.4, -0.2) is 51.8 Å². The molecule has 1 aliphatic heterocycles. The van der Waals surface area contributed by atoms with Gasteiger partial charge in [0.1, 0.15) is 0 Å². The molecule has 0 bridgehead atoms. The third-order valence-electron chi connectivity index (χ3n) is 4.46. The standard InChI is InChI=1S/C18H30N4O3/c1-6-25-18(24)17-15-11-21(14(5)23)13(4)10-16(15)20-22(17)9-7-8-19-12(2)3/h12-13,19H,6-11H2,1-5H3. The lowest BCUT2D eigenvalue weighted by Gasteiger charge is -2.32. The molecule has 0 fully saturated rings. The van der Waals surface area contributed by atoms with Crippen LogP contribution in [0.5, 0.6) is 0 Å². The Hall–Kier alpha value is -1.89. The Balaban J connectivity index is 2.26. The van der Waals surface area contributed by atoms with Crippen molar-refractivity contribution in [1.29, 1.82) is 0 Å². The minimum Gasteiger partial charge on any atom is -0.461 e. The maximum Gasteiger partial charge on any atom is 0.356 e. The van der Waals surface area contributed by atoms with Crippen LogP contribution < -0.4 is 5.32 Å². The summed E-state index contributed by atoms with van der Waals surface area (Å²) in [5, 5.41) is 8.04. The van der Waals surface area contributed by atoms with E-state index in [4.69, 9.17) is 4.74 Å². The Morgan fingerprint density at radius 1 is 1.40 bits per heavy atom. The Morgan fingerprint density at radius 2 is 2.12 bits per heavy atom. The van der Waals surface area contributed by atoms with Crippen LogP contribution in [0.15, 0.2) is 0 Å². The zero-order chi connectivity index (χ0) is 18.6. The lowest BCUT2D eigenvalue weighted by molar-refractivity contribution is -0.131. The fraction of sp³-hybridized carbons (Fsp3) is 0.722. The van der Waals surface area contributed by atoms with Crippen LogP contribution >= 0.6 is 0 Å². The van der Waals surface area contributed by atoms with Gasteiger partial charge in [-0.05, 0) is 26.8 Å². The predicted molar refractivity (Wildman–Crippen MR) is 95.3 cm³/mol. The molecule has 1 aromatic rings. The fourth-order valence-corrected chi connectivity index (χ4v) is 3.23. The Bertz CT molecular complexity index is 624. The summed E-state index contributed by atoms with van der Waals surface area (Å²) < 4.78 is 7.01. The minimum absolute atomic E-state index is 0.0156. The first-order chi connectivity index (χ1) is 11.8. The van der Waals surface area contributed by atoms with Gasteiger partial charge >= 0.3 is 5.97 Å². The Labute approximate surface area is 149 Å². The van der Waals surface area contributed by atoms with E-state index in [-0.39, 0.29) is 17.9 Å². The van der Waals surface area contributed by atoms with Gasteiger partial charge < -0.3 is 15.0 Å². The number of nitrogens with zero attached hydrogens (tertiary/aromatic N) is 3. The number of aryl methyl sites for hydroxylation is 1. The third-order valence-corrected chi connectivity index (χ3v) is 4.46. The van der Waals surface area contributed by atoms with Crippen molar-refractivity contribution in [3.8, 4) is 0 Å². The van der Waals surface area contributed by atoms with Crippen LogP contribution in [0.4, 0.5) is 0 Å². The molecule has 1 amide bonds. The van der Waals surface area contributed by atoms with Crippen molar-refractivity contribution in [3.63, 3.8) is 0 Å². The number of fused-ring (bicyclic) bond motifs is 1. The lowest BCUT2D eigenvalue weighted by Crippen LogP contribution is -2.41. The van der Waals surface area contributed by atoms with E-state index in [1.807, 2.05) is 6.92 Å². The van der Waals surface area contributed by atoms with E-state index in [9.17, 15) is 9.59 Å². The predicted octanol–water partition coefficient (Wildman–Crippen LogP) is 1.74. The van der Waals surface area contributed by atoms with E-state index in [0.29, 0.717) is 37.9 Å². The molecule has 0 aliphatic carbocycles. The first-order valence-corrected chi connectivity index (χ1v) is 9.11. The van der Waals surface area contributed by atoms with Gasteiger partial charge in [-0.2, -0.15) is 5.10 Å². The highest BCUT2D eigenvalue weighted by Gasteiger charge is 2.33. The number of esters is 1. The molecule has 0 saturated carbocycles. The van der Waals surface area contributed by atoms with Crippen LogP contribution in [0.1, 0.15) is 62.8 Å². The first-order valence-electron chi connectivity index (χ1n) is 9.11. The van der Waals surface area contributed by atoms with Gasteiger partial charge in [-0.1, -0.05) is 13.8 Å². The fourth-order valence-electron chi connectivity index (χ4n) is 3.23. The molecule has 2 rings (SSSR count). The van der Waals surface area contributed by atoms with Crippen molar-refractivity contribution in [2.24, 2.45) is 0 Å². The maximum atomic E-state index is 12.5. The molecule has 25 heavy (non-hydrogen) atoms. The number of nitrogens with one attached hydrogen (secondary N) is 1. The van der Waals surface area contributed by atoms with Gasteiger partial charge in [0.25, 0.3) is 0 Å². The van der Waals surface area contributed by atoms with E-state index < -0.39 is 0 Å². The van der Waals surface area contributed by atoms with Crippen LogP contribution in [-0.2, 0) is 29.0 Å². The molecule has 0 radical (unpaired) electrons. The Morgan fingerprint density at radius 3 is 2.72 bits per heavy atom. The van der Waals surface area contributed by atoms with Crippen LogP contribution in [0.3, 0.4) is 0 Å². The van der Waals surface area contributed by atoms with Gasteiger partial charge in [-0.3, -0.25) is 9.48 Å². The van der Waals surface area contributed by atoms with Crippen LogP contribution in [0.25, 0.3) is 0 Å². The molecule has 7 heteroatoms. The number of aromatic nitrogens is 2. The Kier molecular flexibility index (Phi) is 6.58. The van der Waals surface area contributed by atoms with Crippen molar-refractivity contribution >= 4 is 11.9 Å². The minimum atomic E-state index is -0.355. The number of hydrogen-bond donors (Lipinski definition) is 1. The lowest BCUT2D eigenvalue weighted by atomic mass is 9.99. The van der Waals surface area contributed by atoms with Gasteiger partial charge in [0.05, 0.1) is 18.8 Å². The van der Waals surface area contributed by atoms with Gasteiger partial charge in [0.15, 0.2) is 5.69 Å². The summed E-state index contributed by atoms with van der Waals surface area (Å²) in [7, 11) is 0. The molecule has 140 valence electrons. The molecule has 1 aromatic heterocycles. The van der Waals surface area contributed by atoms with Crippen LogP contribution in [0, 0.1) is 0 Å². The largest absolute Gasteiger partial charge is 0.461 e. The molecule has 1 N–H and O–H groups in total. The van der Waals surface area contributed by atoms with E-state index in [0.717, 1.165) is 24.2 Å². The summed E-state index contributed by atoms with van der Waals surface area (Å²) in [6.07, 6.45) is 1.54. The summed E-state index contributed by atoms with van der Waals surface area (Å²) in [6.45, 7) is 11.8. The van der Waals surface area contributed by atoms with E-state index >= 15 is 0 Å². The molecule has 0 saturated heterocycles. The zero-order valence-electron chi connectivity index (χ0n) is 16.0. The summed E-state index contributed by atoms with van der Waals surface area (Å²) in [6, 6.07) is 0.520. The van der Waals surface area contributed by atoms with Crippen molar-refractivity contribution < 1.29 is 14.3 Å². The monoisotopic (exact) mass is 350 g/mol. The number of rotatable bonds is 7. The normalized spacial score (nSPS) is 16.9. The first kappa shape index (κ1) is 19.4. The number of carbonyl (C=O) groups is 2. The molecule has 1 aliphatic rings. The molecule has 7 nitrogen and oxygen atoms in total. The second-order valence-corrected chi connectivity index (χ2v) is 6.88. The second-order valence-electron chi connectivity index (χ2n) is 6.88. The highest BCUT2D eigenvalue weighted by Crippen LogP contribution is 2.26. The van der Waals surface area contributed by atoms with E-state index in [1.165, 1.54) is 0 Å². The molecule has 1 atom stereocenters. The molecule has 2 heterocycles. The average Bonchev–Trinajstić information content (AvgIpc) is 2.87. The summed E-state index contributed by atoms with van der Waals surface area (Å²) in [4.78, 5) is 26.2. The molecular formula is C18H30N4O3. The van der Waals surface area contributed by atoms with Crippen molar-refractivity contribution in [1.82, 2.24) is 20.0 Å². The van der Waals surface area contributed by atoms with Crippen LogP contribution in [0.2, 0.25) is 0 Å². The highest BCUT2D eigenvalue weighted by atomic mass is 16.5. The quantitative estimate of drug-likeness (QED) is 0.599. The highest BCUT2D eigenvalue weighted by molar-refractivity contribution is 5.90. The number of carbonyl (C=O) groups excluding carboxylic acids is 2. The average molecular weight is 350 g/mol. The molecule has 0 spiro atoms. The van der Waals surface area contributed by atoms with E-state index in [2.05, 4.69) is 24.3 Å². The number of amides is 1. The van der Waals surface area contributed by atoms with E-state index in [1.54, 1.807) is 23.4 Å². The molecule has 0 aromatic carbocycles. The molecule has 1 unspecified atom stereocenters. The second kappa shape index (κ2) is 8.47. The number of hydrogen-bond acceptors (Lipinski definition) is 5. The summed E-state index contributed by atoms with van der Waals surface area (Å²) >= 11 is 0. The van der Waals surface area contributed by atoms with Gasteiger partial charge in [-0.15, -0.1) is 0 Å². The SMILES string of the molecule is CCOC(=O)c1c2c(nn1CCCNC(C)C)CC(C)N(C(C)=O)C2. The number of ether oxygens (including phenoxy) is 1. The topological polar surface area (TPSA) is 76.5 Å². The maximum absolute atomic E-state index is 12.5. The van der Waals surface area contributed by atoms with Gasteiger partial charge in [0, 0.05) is 37.5 Å². The smallest absolute Gasteiger partial charge is 0.356 e. The zero-order valence-corrected chi connectivity index (χ0v) is 16.0. The van der Waals surface area contributed by atoms with Crippen molar-refractivity contribution in [2.45, 2.75) is 72.6 Å². The van der Waals surface area contributed by atoms with Crippen molar-refractivity contribution in [3.05, 3.63) is 17.0 Å².